The van der Waals surface area contributed by atoms with Gasteiger partial charge in [0.05, 0.1) is 25.4 Å². The molecule has 4 nitrogen and oxygen atoms in total. The van der Waals surface area contributed by atoms with Gasteiger partial charge in [-0.1, -0.05) is 13.3 Å². The fraction of sp³-hybridized carbons (Fsp3) is 0.923. The molecule has 1 N–H and O–H groups in total. The number of unbranched alkanes of at least 4 members (excludes halogenated alkanes) is 1. The molecule has 1 saturated carbocycles. The molecular weight excluding hydrogens is 216 g/mol. The summed E-state index contributed by atoms with van der Waals surface area (Å²) in [5.74, 6) is 0. The Morgan fingerprint density at radius 1 is 1.41 bits per heavy atom. The second-order valence-electron chi connectivity index (χ2n) is 4.65. The summed E-state index contributed by atoms with van der Waals surface area (Å²) in [4.78, 5) is 0. The van der Waals surface area contributed by atoms with Crippen molar-refractivity contribution in [3.8, 4) is 6.07 Å². The van der Waals surface area contributed by atoms with Gasteiger partial charge in [-0.15, -0.1) is 0 Å². The molecule has 2 atom stereocenters. The van der Waals surface area contributed by atoms with E-state index in [9.17, 15) is 0 Å². The maximum absolute atomic E-state index is 9.11. The first-order valence-corrected chi connectivity index (χ1v) is 6.56. The van der Waals surface area contributed by atoms with Gasteiger partial charge in [0.25, 0.3) is 0 Å². The van der Waals surface area contributed by atoms with Crippen LogP contribution in [0, 0.1) is 11.3 Å². The standard InChI is InChI=1S/C13H24N2O2/c1-3-4-7-16-8-9-17-12-5-6-13(10-12,11-14)15-2/h12,15H,3-10H2,1-2H3. The van der Waals surface area contributed by atoms with Gasteiger partial charge in [0.1, 0.15) is 5.54 Å². The summed E-state index contributed by atoms with van der Waals surface area (Å²) in [6, 6.07) is 2.35. The van der Waals surface area contributed by atoms with Crippen molar-refractivity contribution < 1.29 is 9.47 Å². The Bertz CT molecular complexity index is 252. The zero-order valence-corrected chi connectivity index (χ0v) is 11.0. The van der Waals surface area contributed by atoms with Gasteiger partial charge < -0.3 is 14.8 Å². The first kappa shape index (κ1) is 14.4. The highest BCUT2D eigenvalue weighted by Gasteiger charge is 2.38. The first-order valence-electron chi connectivity index (χ1n) is 6.56. The van der Waals surface area contributed by atoms with E-state index in [2.05, 4.69) is 18.3 Å². The smallest absolute Gasteiger partial charge is 0.109 e. The SMILES string of the molecule is CCCCOCCOC1CCC(C#N)(NC)C1. The van der Waals surface area contributed by atoms with Gasteiger partial charge in [-0.3, -0.25) is 0 Å². The normalized spacial score (nSPS) is 28.2. The van der Waals surface area contributed by atoms with E-state index in [1.807, 2.05) is 7.05 Å². The van der Waals surface area contributed by atoms with Crippen LogP contribution in [-0.4, -0.2) is 38.5 Å². The third kappa shape index (κ3) is 4.63. The molecule has 1 aliphatic rings. The van der Waals surface area contributed by atoms with Crippen LogP contribution in [0.15, 0.2) is 0 Å². The Balaban J connectivity index is 2.08. The Morgan fingerprint density at radius 2 is 2.24 bits per heavy atom. The van der Waals surface area contributed by atoms with Crippen LogP contribution in [0.4, 0.5) is 0 Å². The lowest BCUT2D eigenvalue weighted by molar-refractivity contribution is 0.00554. The van der Waals surface area contributed by atoms with Gasteiger partial charge >= 0.3 is 0 Å². The molecule has 17 heavy (non-hydrogen) atoms. The van der Waals surface area contributed by atoms with Crippen LogP contribution in [0.25, 0.3) is 0 Å². The zero-order chi connectivity index (χ0) is 12.6. The van der Waals surface area contributed by atoms with Gasteiger partial charge in [0.15, 0.2) is 0 Å². The average molecular weight is 240 g/mol. The zero-order valence-electron chi connectivity index (χ0n) is 11.0. The number of hydrogen-bond donors (Lipinski definition) is 1. The molecule has 0 aromatic heterocycles. The van der Waals surface area contributed by atoms with E-state index < -0.39 is 0 Å². The molecule has 4 heteroatoms. The molecular formula is C13H24N2O2. The van der Waals surface area contributed by atoms with Crippen LogP contribution in [0.1, 0.15) is 39.0 Å². The van der Waals surface area contributed by atoms with Crippen molar-refractivity contribution in [2.75, 3.05) is 26.9 Å². The quantitative estimate of drug-likeness (QED) is 0.658. The summed E-state index contributed by atoms with van der Waals surface area (Å²) in [5, 5.41) is 12.2. The van der Waals surface area contributed by atoms with Crippen LogP contribution < -0.4 is 5.32 Å². The Kier molecular flexibility index (Phi) is 6.49. The summed E-state index contributed by atoms with van der Waals surface area (Å²) in [7, 11) is 1.85. The molecule has 0 aliphatic heterocycles. The van der Waals surface area contributed by atoms with Crippen molar-refractivity contribution in [2.45, 2.75) is 50.7 Å². The van der Waals surface area contributed by atoms with E-state index in [0.29, 0.717) is 13.2 Å². The second-order valence-corrected chi connectivity index (χ2v) is 4.65. The largest absolute Gasteiger partial charge is 0.379 e. The molecule has 2 unspecified atom stereocenters. The van der Waals surface area contributed by atoms with Crippen molar-refractivity contribution in [2.24, 2.45) is 0 Å². The highest BCUT2D eigenvalue weighted by atomic mass is 16.5. The second kappa shape index (κ2) is 7.65. The predicted octanol–water partition coefficient (Wildman–Crippen LogP) is 1.85. The van der Waals surface area contributed by atoms with Crippen LogP contribution in [0.2, 0.25) is 0 Å². The minimum Gasteiger partial charge on any atom is -0.379 e. The number of hydrogen-bond acceptors (Lipinski definition) is 4. The molecule has 0 amide bonds. The number of nitrogens with one attached hydrogen (secondary N) is 1. The summed E-state index contributed by atoms with van der Waals surface area (Å²) < 4.78 is 11.2. The van der Waals surface area contributed by atoms with Crippen LogP contribution in [-0.2, 0) is 9.47 Å². The molecule has 1 rings (SSSR count). The molecule has 1 aliphatic carbocycles. The molecule has 0 radical (unpaired) electrons. The Morgan fingerprint density at radius 3 is 2.82 bits per heavy atom. The highest BCUT2D eigenvalue weighted by Crippen LogP contribution is 2.30. The average Bonchev–Trinajstić information content (AvgIpc) is 2.78. The summed E-state index contributed by atoms with van der Waals surface area (Å²) in [6.45, 7) is 4.27. The lowest BCUT2D eigenvalue weighted by Gasteiger charge is -2.19. The van der Waals surface area contributed by atoms with Crippen LogP contribution in [0.5, 0.6) is 0 Å². The van der Waals surface area contributed by atoms with E-state index in [0.717, 1.165) is 38.7 Å². The minimum atomic E-state index is -0.367. The Hall–Kier alpha value is -0.630. The number of nitriles is 1. The summed E-state index contributed by atoms with van der Waals surface area (Å²) in [5.41, 5.74) is -0.367. The van der Waals surface area contributed by atoms with Crippen molar-refractivity contribution in [1.29, 1.82) is 5.26 Å². The van der Waals surface area contributed by atoms with Crippen LogP contribution in [0.3, 0.4) is 0 Å². The molecule has 0 bridgehead atoms. The van der Waals surface area contributed by atoms with Crippen molar-refractivity contribution in [3.63, 3.8) is 0 Å². The lowest BCUT2D eigenvalue weighted by atomic mass is 10.0. The maximum Gasteiger partial charge on any atom is 0.109 e. The van der Waals surface area contributed by atoms with Crippen LogP contribution >= 0.6 is 0 Å². The minimum absolute atomic E-state index is 0.205. The predicted molar refractivity (Wildman–Crippen MR) is 66.7 cm³/mol. The molecule has 0 aromatic carbocycles. The molecule has 0 heterocycles. The van der Waals surface area contributed by atoms with Gasteiger partial charge in [0, 0.05) is 13.0 Å². The van der Waals surface area contributed by atoms with Gasteiger partial charge in [-0.05, 0) is 26.3 Å². The fourth-order valence-electron chi connectivity index (χ4n) is 2.15. The summed E-state index contributed by atoms with van der Waals surface area (Å²) in [6.07, 6.45) is 5.10. The molecule has 0 spiro atoms. The van der Waals surface area contributed by atoms with Crippen molar-refractivity contribution in [3.05, 3.63) is 0 Å². The van der Waals surface area contributed by atoms with E-state index in [-0.39, 0.29) is 11.6 Å². The molecule has 1 fully saturated rings. The third-order valence-corrected chi connectivity index (χ3v) is 3.39. The molecule has 0 saturated heterocycles. The topological polar surface area (TPSA) is 54.3 Å². The first-order chi connectivity index (χ1) is 8.26. The third-order valence-electron chi connectivity index (χ3n) is 3.39. The Labute approximate surface area is 104 Å². The lowest BCUT2D eigenvalue weighted by Crippen LogP contribution is -2.39. The molecule has 98 valence electrons. The maximum atomic E-state index is 9.11. The van der Waals surface area contributed by atoms with Gasteiger partial charge in [-0.2, -0.15) is 5.26 Å². The summed E-state index contributed by atoms with van der Waals surface area (Å²) >= 11 is 0. The fourth-order valence-corrected chi connectivity index (χ4v) is 2.15. The van der Waals surface area contributed by atoms with Gasteiger partial charge in [-0.25, -0.2) is 0 Å². The van der Waals surface area contributed by atoms with E-state index in [4.69, 9.17) is 14.7 Å². The van der Waals surface area contributed by atoms with E-state index >= 15 is 0 Å². The number of ether oxygens (including phenoxy) is 2. The van der Waals surface area contributed by atoms with E-state index in [1.165, 1.54) is 0 Å². The van der Waals surface area contributed by atoms with Gasteiger partial charge in [0.2, 0.25) is 0 Å². The van der Waals surface area contributed by atoms with E-state index in [1.54, 1.807) is 0 Å². The molecule has 0 aromatic rings. The van der Waals surface area contributed by atoms with Crippen molar-refractivity contribution >= 4 is 0 Å². The van der Waals surface area contributed by atoms with Crippen molar-refractivity contribution in [1.82, 2.24) is 5.32 Å². The monoisotopic (exact) mass is 240 g/mol. The highest BCUT2D eigenvalue weighted by molar-refractivity contribution is 5.11. The number of rotatable bonds is 8. The number of nitrogens with zero attached hydrogens (tertiary/aromatic N) is 1.